The molecule has 2 rings (SSSR count). The van der Waals surface area contributed by atoms with Gasteiger partial charge in [0.1, 0.15) is 12.2 Å². The molecule has 0 aromatic carbocycles. The molecule has 72 valence electrons. The van der Waals surface area contributed by atoms with Crippen molar-refractivity contribution in [2.45, 2.75) is 18.9 Å². The van der Waals surface area contributed by atoms with Gasteiger partial charge in [-0.25, -0.2) is 10.2 Å². The Balaban J connectivity index is 2.03. The standard InChI is InChI=1S/C7H12N4OS/c1-10(13-12-8)7-4-5-11(9-7)6-2-3-6/h4-6H,2-3,8H2,1H3. The highest BCUT2D eigenvalue weighted by Gasteiger charge is 2.24. The van der Waals surface area contributed by atoms with Gasteiger partial charge in [0.2, 0.25) is 0 Å². The molecule has 1 saturated carbocycles. The van der Waals surface area contributed by atoms with Crippen LogP contribution in [0.3, 0.4) is 0 Å². The van der Waals surface area contributed by atoms with Gasteiger partial charge in [-0.1, -0.05) is 0 Å². The van der Waals surface area contributed by atoms with E-state index in [4.69, 9.17) is 5.90 Å². The first kappa shape index (κ1) is 8.86. The normalized spacial score (nSPS) is 16.2. The Bertz CT molecular complexity index is 286. The molecule has 1 aliphatic rings. The minimum Gasteiger partial charge on any atom is -0.277 e. The molecule has 0 radical (unpaired) electrons. The molecule has 1 heterocycles. The summed E-state index contributed by atoms with van der Waals surface area (Å²) in [6.45, 7) is 0. The molecule has 1 aromatic rings. The molecule has 5 nitrogen and oxygen atoms in total. The molecule has 1 aromatic heterocycles. The molecular formula is C7H12N4OS. The fraction of sp³-hybridized carbons (Fsp3) is 0.571. The van der Waals surface area contributed by atoms with E-state index in [2.05, 4.69) is 9.38 Å². The molecule has 1 aliphatic carbocycles. The third-order valence-corrected chi connectivity index (χ3v) is 2.49. The van der Waals surface area contributed by atoms with E-state index in [0.29, 0.717) is 6.04 Å². The van der Waals surface area contributed by atoms with Crippen LogP contribution in [-0.4, -0.2) is 16.8 Å². The van der Waals surface area contributed by atoms with Crippen molar-refractivity contribution in [3.63, 3.8) is 0 Å². The van der Waals surface area contributed by atoms with Crippen molar-refractivity contribution in [3.8, 4) is 0 Å². The maximum atomic E-state index is 4.93. The van der Waals surface area contributed by atoms with Gasteiger partial charge in [-0.15, -0.1) is 0 Å². The average molecular weight is 200 g/mol. The highest BCUT2D eigenvalue weighted by molar-refractivity contribution is 7.96. The van der Waals surface area contributed by atoms with Crippen LogP contribution in [0.25, 0.3) is 0 Å². The van der Waals surface area contributed by atoms with Gasteiger partial charge in [0, 0.05) is 19.3 Å². The summed E-state index contributed by atoms with van der Waals surface area (Å²) in [5.41, 5.74) is 0. The van der Waals surface area contributed by atoms with Gasteiger partial charge in [-0.2, -0.15) is 5.10 Å². The first-order valence-corrected chi connectivity index (χ1v) is 4.83. The Morgan fingerprint density at radius 2 is 2.54 bits per heavy atom. The number of hydrogen-bond donors (Lipinski definition) is 1. The zero-order chi connectivity index (χ0) is 9.26. The molecule has 13 heavy (non-hydrogen) atoms. The Morgan fingerprint density at radius 3 is 3.15 bits per heavy atom. The fourth-order valence-electron chi connectivity index (χ4n) is 1.14. The van der Waals surface area contributed by atoms with E-state index in [1.807, 2.05) is 24.0 Å². The summed E-state index contributed by atoms with van der Waals surface area (Å²) >= 11 is 1.07. The number of anilines is 1. The van der Waals surface area contributed by atoms with E-state index in [-0.39, 0.29) is 0 Å². The molecule has 0 amide bonds. The highest BCUT2D eigenvalue weighted by Crippen LogP contribution is 2.34. The lowest BCUT2D eigenvalue weighted by Gasteiger charge is -2.10. The maximum absolute atomic E-state index is 4.93. The Labute approximate surface area is 81.1 Å². The Hall–Kier alpha value is -0.720. The molecule has 2 N–H and O–H groups in total. The molecule has 6 heteroatoms. The van der Waals surface area contributed by atoms with Crippen LogP contribution in [-0.2, 0) is 4.28 Å². The summed E-state index contributed by atoms with van der Waals surface area (Å²) in [4.78, 5) is 0. The summed E-state index contributed by atoms with van der Waals surface area (Å²) in [7, 11) is 1.86. The molecule has 0 unspecified atom stereocenters. The first-order valence-electron chi connectivity index (χ1n) is 4.13. The molecule has 0 spiro atoms. The summed E-state index contributed by atoms with van der Waals surface area (Å²) in [5.74, 6) is 5.80. The predicted octanol–water partition coefficient (Wildman–Crippen LogP) is 1.11. The largest absolute Gasteiger partial charge is 0.277 e. The molecule has 0 atom stereocenters. The Morgan fingerprint density at radius 1 is 1.77 bits per heavy atom. The summed E-state index contributed by atoms with van der Waals surface area (Å²) in [5, 5.41) is 4.38. The molecule has 0 saturated heterocycles. The zero-order valence-electron chi connectivity index (χ0n) is 7.38. The maximum Gasteiger partial charge on any atom is 0.161 e. The van der Waals surface area contributed by atoms with Crippen LogP contribution in [0.15, 0.2) is 12.3 Å². The van der Waals surface area contributed by atoms with Crippen molar-refractivity contribution in [3.05, 3.63) is 12.3 Å². The average Bonchev–Trinajstić information content (AvgIpc) is 2.84. The van der Waals surface area contributed by atoms with E-state index in [1.54, 1.807) is 4.31 Å². The van der Waals surface area contributed by atoms with Crippen molar-refractivity contribution >= 4 is 18.0 Å². The van der Waals surface area contributed by atoms with E-state index in [0.717, 1.165) is 18.0 Å². The van der Waals surface area contributed by atoms with Gasteiger partial charge in [-0.3, -0.25) is 8.99 Å². The molecule has 0 aliphatic heterocycles. The zero-order valence-corrected chi connectivity index (χ0v) is 8.20. The Kier molecular flexibility index (Phi) is 2.43. The van der Waals surface area contributed by atoms with Crippen molar-refractivity contribution < 1.29 is 4.28 Å². The number of rotatable bonds is 4. The van der Waals surface area contributed by atoms with Gasteiger partial charge in [0.05, 0.1) is 6.04 Å². The van der Waals surface area contributed by atoms with Crippen LogP contribution < -0.4 is 10.2 Å². The lowest BCUT2D eigenvalue weighted by molar-refractivity contribution is 0.397. The monoisotopic (exact) mass is 200 g/mol. The van der Waals surface area contributed by atoms with Gasteiger partial charge in [0.25, 0.3) is 0 Å². The topological polar surface area (TPSA) is 56.3 Å². The van der Waals surface area contributed by atoms with Crippen LogP contribution in [0.4, 0.5) is 5.82 Å². The highest BCUT2D eigenvalue weighted by atomic mass is 32.2. The molecule has 1 fully saturated rings. The van der Waals surface area contributed by atoms with Gasteiger partial charge in [0.15, 0.2) is 5.82 Å². The van der Waals surface area contributed by atoms with E-state index >= 15 is 0 Å². The van der Waals surface area contributed by atoms with Crippen LogP contribution in [0, 0.1) is 0 Å². The van der Waals surface area contributed by atoms with Crippen molar-refractivity contribution in [2.24, 2.45) is 5.90 Å². The fourth-order valence-corrected chi connectivity index (χ4v) is 1.44. The van der Waals surface area contributed by atoms with E-state index < -0.39 is 0 Å². The van der Waals surface area contributed by atoms with Gasteiger partial charge < -0.3 is 0 Å². The second kappa shape index (κ2) is 3.57. The quantitative estimate of drug-likeness (QED) is 0.448. The second-order valence-corrected chi connectivity index (χ2v) is 3.94. The van der Waals surface area contributed by atoms with Crippen LogP contribution in [0.2, 0.25) is 0 Å². The van der Waals surface area contributed by atoms with Crippen molar-refractivity contribution in [1.29, 1.82) is 0 Å². The predicted molar refractivity (Wildman–Crippen MR) is 51.8 cm³/mol. The third kappa shape index (κ3) is 1.96. The first-order chi connectivity index (χ1) is 6.31. The van der Waals surface area contributed by atoms with Crippen molar-refractivity contribution in [1.82, 2.24) is 9.78 Å². The minimum atomic E-state index is 0.617. The smallest absolute Gasteiger partial charge is 0.161 e. The SMILES string of the molecule is CN(SON)c1ccn(C2CC2)n1. The minimum absolute atomic E-state index is 0.617. The summed E-state index contributed by atoms with van der Waals surface area (Å²) in [6, 6.07) is 2.57. The second-order valence-electron chi connectivity index (χ2n) is 3.05. The number of hydrogen-bond acceptors (Lipinski definition) is 5. The van der Waals surface area contributed by atoms with Gasteiger partial charge >= 0.3 is 0 Å². The number of nitrogens with two attached hydrogens (primary N) is 1. The molecule has 0 bridgehead atoms. The van der Waals surface area contributed by atoms with E-state index in [1.165, 1.54) is 12.8 Å². The summed E-state index contributed by atoms with van der Waals surface area (Å²) < 4.78 is 8.20. The van der Waals surface area contributed by atoms with Crippen LogP contribution >= 0.6 is 12.2 Å². The van der Waals surface area contributed by atoms with Crippen molar-refractivity contribution in [2.75, 3.05) is 11.4 Å². The molecular weight excluding hydrogens is 188 g/mol. The lowest BCUT2D eigenvalue weighted by Crippen LogP contribution is -2.10. The third-order valence-electron chi connectivity index (χ3n) is 1.99. The van der Waals surface area contributed by atoms with Crippen LogP contribution in [0.1, 0.15) is 18.9 Å². The number of nitrogens with zero attached hydrogens (tertiary/aromatic N) is 3. The van der Waals surface area contributed by atoms with Crippen LogP contribution in [0.5, 0.6) is 0 Å². The van der Waals surface area contributed by atoms with Gasteiger partial charge in [-0.05, 0) is 12.8 Å². The number of aromatic nitrogens is 2. The summed E-state index contributed by atoms with van der Waals surface area (Å²) in [6.07, 6.45) is 4.47. The lowest BCUT2D eigenvalue weighted by atomic mass is 10.6. The van der Waals surface area contributed by atoms with E-state index in [9.17, 15) is 0 Å².